The molecule has 0 saturated carbocycles. The Morgan fingerprint density at radius 2 is 1.36 bits per heavy atom. The van der Waals surface area contributed by atoms with E-state index in [0.29, 0.717) is 12.1 Å². The topological polar surface area (TPSA) is 21.1 Å². The fourth-order valence-corrected chi connectivity index (χ4v) is 4.45. The fourth-order valence-electron chi connectivity index (χ4n) is 4.32. The molecule has 1 heterocycles. The van der Waals surface area contributed by atoms with Gasteiger partial charge in [0.05, 0.1) is 19.1 Å². The Kier molecular flexibility index (Phi) is 6.43. The van der Waals surface area contributed by atoms with E-state index < -0.39 is 0 Å². The maximum Gasteiger partial charge on any atom is 0.137 e. The van der Waals surface area contributed by atoms with Crippen LogP contribution >= 0.6 is 11.6 Å². The van der Waals surface area contributed by atoms with Gasteiger partial charge in [-0.25, -0.2) is 0 Å². The lowest BCUT2D eigenvalue weighted by atomic mass is 9.95. The van der Waals surface area contributed by atoms with E-state index in [2.05, 4.69) is 78.1 Å². The molecule has 1 saturated heterocycles. The van der Waals surface area contributed by atoms with Gasteiger partial charge in [-0.05, 0) is 12.1 Å². The summed E-state index contributed by atoms with van der Waals surface area (Å²) in [7, 11) is 0. The molecule has 3 aromatic carbocycles. The van der Waals surface area contributed by atoms with Crippen molar-refractivity contribution in [3.8, 4) is 0 Å². The summed E-state index contributed by atoms with van der Waals surface area (Å²) in [5.74, 6) is 0. The molecule has 0 aromatic heterocycles. The zero-order valence-corrected chi connectivity index (χ0v) is 17.0. The predicted molar refractivity (Wildman–Crippen MR) is 116 cm³/mol. The SMILES string of the molecule is Clc1ccc([C@H]([NH2+]C2CC[NH+](Cc3ccccc3)CC2)c2ccccc2)cc1. The first-order chi connectivity index (χ1) is 13.8. The molecule has 28 heavy (non-hydrogen) atoms. The highest BCUT2D eigenvalue weighted by Crippen LogP contribution is 2.21. The molecule has 1 atom stereocenters. The van der Waals surface area contributed by atoms with Crippen molar-refractivity contribution in [2.45, 2.75) is 31.5 Å². The van der Waals surface area contributed by atoms with Crippen molar-refractivity contribution < 1.29 is 10.2 Å². The van der Waals surface area contributed by atoms with Gasteiger partial charge in [-0.2, -0.15) is 0 Å². The van der Waals surface area contributed by atoms with Crippen molar-refractivity contribution in [1.29, 1.82) is 0 Å². The van der Waals surface area contributed by atoms with Gasteiger partial charge in [-0.1, -0.05) is 84.4 Å². The van der Waals surface area contributed by atoms with Crippen LogP contribution in [-0.2, 0) is 6.54 Å². The molecule has 3 aromatic rings. The molecular formula is C25H29ClN2+2. The van der Waals surface area contributed by atoms with Crippen LogP contribution in [0.5, 0.6) is 0 Å². The zero-order chi connectivity index (χ0) is 19.2. The fraction of sp³-hybridized carbons (Fsp3) is 0.280. The number of likely N-dealkylation sites (tertiary alicyclic amines) is 1. The van der Waals surface area contributed by atoms with E-state index in [4.69, 9.17) is 11.6 Å². The second-order valence-electron chi connectivity index (χ2n) is 7.88. The number of rotatable bonds is 6. The van der Waals surface area contributed by atoms with Gasteiger partial charge in [0.15, 0.2) is 0 Å². The number of hydrogen-bond acceptors (Lipinski definition) is 0. The average molecular weight is 393 g/mol. The Bertz CT molecular complexity index is 841. The van der Waals surface area contributed by atoms with Crippen LogP contribution in [0.4, 0.5) is 0 Å². The van der Waals surface area contributed by atoms with E-state index in [-0.39, 0.29) is 0 Å². The molecule has 1 aliphatic rings. The minimum atomic E-state index is 0.333. The van der Waals surface area contributed by atoms with E-state index in [0.717, 1.165) is 11.6 Å². The molecule has 1 fully saturated rings. The van der Waals surface area contributed by atoms with Crippen LogP contribution in [0, 0.1) is 0 Å². The third-order valence-electron chi connectivity index (χ3n) is 5.89. The van der Waals surface area contributed by atoms with Gasteiger partial charge in [0.2, 0.25) is 0 Å². The summed E-state index contributed by atoms with van der Waals surface area (Å²) in [5, 5.41) is 3.38. The smallest absolute Gasteiger partial charge is 0.137 e. The molecule has 0 aliphatic carbocycles. The highest BCUT2D eigenvalue weighted by atomic mass is 35.5. The first kappa shape index (κ1) is 19.2. The van der Waals surface area contributed by atoms with Crippen molar-refractivity contribution in [2.75, 3.05) is 13.1 Å². The summed E-state index contributed by atoms with van der Waals surface area (Å²) in [6.07, 6.45) is 2.53. The molecule has 2 nitrogen and oxygen atoms in total. The van der Waals surface area contributed by atoms with Gasteiger partial charge in [0, 0.05) is 34.6 Å². The lowest BCUT2D eigenvalue weighted by molar-refractivity contribution is -0.927. The Balaban J connectivity index is 1.41. The van der Waals surface area contributed by atoms with Crippen LogP contribution in [0.15, 0.2) is 84.9 Å². The molecule has 4 rings (SSSR count). The van der Waals surface area contributed by atoms with Crippen LogP contribution in [0.25, 0.3) is 0 Å². The summed E-state index contributed by atoms with van der Waals surface area (Å²) in [4.78, 5) is 1.71. The number of halogens is 1. The van der Waals surface area contributed by atoms with Gasteiger partial charge >= 0.3 is 0 Å². The van der Waals surface area contributed by atoms with Crippen molar-refractivity contribution in [3.05, 3.63) is 107 Å². The minimum Gasteiger partial charge on any atom is -0.333 e. The number of hydrogen-bond donors (Lipinski definition) is 2. The Morgan fingerprint density at radius 1 is 0.786 bits per heavy atom. The quantitative estimate of drug-likeness (QED) is 0.642. The molecule has 1 aliphatic heterocycles. The average Bonchev–Trinajstić information content (AvgIpc) is 2.75. The van der Waals surface area contributed by atoms with Crippen LogP contribution in [0.1, 0.15) is 35.6 Å². The van der Waals surface area contributed by atoms with Gasteiger partial charge in [-0.3, -0.25) is 0 Å². The summed E-state index contributed by atoms with van der Waals surface area (Å²) in [6.45, 7) is 3.64. The monoisotopic (exact) mass is 392 g/mol. The van der Waals surface area contributed by atoms with Crippen molar-refractivity contribution in [2.24, 2.45) is 0 Å². The summed E-state index contributed by atoms with van der Waals surface area (Å²) in [5.41, 5.74) is 4.14. The highest BCUT2D eigenvalue weighted by Gasteiger charge is 2.28. The molecule has 0 amide bonds. The summed E-state index contributed by atoms with van der Waals surface area (Å²) in [6, 6.07) is 31.1. The van der Waals surface area contributed by atoms with Gasteiger partial charge in [-0.15, -0.1) is 0 Å². The predicted octanol–water partition coefficient (Wildman–Crippen LogP) is 3.24. The molecule has 0 unspecified atom stereocenters. The molecule has 3 N–H and O–H groups in total. The number of benzene rings is 3. The van der Waals surface area contributed by atoms with Gasteiger partial charge in [0.25, 0.3) is 0 Å². The van der Waals surface area contributed by atoms with Crippen LogP contribution in [0.2, 0.25) is 5.02 Å². The molecule has 0 spiro atoms. The van der Waals surface area contributed by atoms with Crippen molar-refractivity contribution >= 4 is 11.6 Å². The Labute approximate surface area is 173 Å². The largest absolute Gasteiger partial charge is 0.333 e. The molecule has 144 valence electrons. The van der Waals surface area contributed by atoms with Crippen LogP contribution < -0.4 is 10.2 Å². The van der Waals surface area contributed by atoms with Crippen LogP contribution in [-0.4, -0.2) is 19.1 Å². The molecular weight excluding hydrogens is 364 g/mol. The lowest BCUT2D eigenvalue weighted by Crippen LogP contribution is -3.13. The highest BCUT2D eigenvalue weighted by molar-refractivity contribution is 6.30. The maximum atomic E-state index is 6.12. The zero-order valence-electron chi connectivity index (χ0n) is 16.2. The summed E-state index contributed by atoms with van der Waals surface area (Å²) >= 11 is 6.12. The van der Waals surface area contributed by atoms with E-state index >= 15 is 0 Å². The standard InChI is InChI=1S/C25H27ClN2/c26-23-13-11-22(12-14-23)25(21-9-5-2-6-10-21)27-24-15-17-28(18-16-24)19-20-7-3-1-4-8-20/h1-14,24-25,27H,15-19H2/p+2/t25-/m1/s1. The first-order valence-corrected chi connectivity index (χ1v) is 10.7. The minimum absolute atomic E-state index is 0.333. The van der Waals surface area contributed by atoms with Crippen LogP contribution in [0.3, 0.4) is 0 Å². The lowest BCUT2D eigenvalue weighted by Gasteiger charge is -2.30. The Morgan fingerprint density at radius 3 is 2.00 bits per heavy atom. The first-order valence-electron chi connectivity index (χ1n) is 10.3. The van der Waals surface area contributed by atoms with Gasteiger partial charge in [0.1, 0.15) is 12.6 Å². The van der Waals surface area contributed by atoms with Crippen molar-refractivity contribution in [1.82, 2.24) is 0 Å². The second-order valence-corrected chi connectivity index (χ2v) is 8.32. The van der Waals surface area contributed by atoms with Crippen molar-refractivity contribution in [3.63, 3.8) is 0 Å². The number of nitrogens with one attached hydrogen (secondary N) is 1. The maximum absolute atomic E-state index is 6.12. The summed E-state index contributed by atoms with van der Waals surface area (Å²) < 4.78 is 0. The molecule has 3 heteroatoms. The van der Waals surface area contributed by atoms with E-state index in [1.54, 1.807) is 4.90 Å². The number of nitrogens with two attached hydrogens (primary N) is 1. The third-order valence-corrected chi connectivity index (χ3v) is 6.14. The Hall–Kier alpha value is -2.13. The normalized spacial score (nSPS) is 20.6. The van der Waals surface area contributed by atoms with Gasteiger partial charge < -0.3 is 10.2 Å². The van der Waals surface area contributed by atoms with E-state index in [9.17, 15) is 0 Å². The van der Waals surface area contributed by atoms with E-state index in [1.807, 2.05) is 12.1 Å². The number of piperidine rings is 1. The molecule has 0 radical (unpaired) electrons. The third kappa shape index (κ3) is 5.02. The number of quaternary nitrogens is 2. The second kappa shape index (κ2) is 9.38. The molecule has 0 bridgehead atoms. The van der Waals surface area contributed by atoms with E-state index in [1.165, 1.54) is 42.6 Å².